The zero-order valence-corrected chi connectivity index (χ0v) is 33.8. The first-order valence-electron chi connectivity index (χ1n) is 17.2. The molecule has 0 radical (unpaired) electrons. The van der Waals surface area contributed by atoms with Crippen LogP contribution in [0, 0.1) is 0 Å². The lowest BCUT2D eigenvalue weighted by atomic mass is 10.2. The molecule has 0 aliphatic rings. The van der Waals surface area contributed by atoms with Gasteiger partial charge < -0.3 is 36.2 Å². The molecular weight excluding hydrogens is 676 g/mol. The summed E-state index contributed by atoms with van der Waals surface area (Å²) in [6, 6.07) is 0. The summed E-state index contributed by atoms with van der Waals surface area (Å²) in [4.78, 5) is 0. The molecule has 0 unspecified atom stereocenters. The molecule has 0 aromatic heterocycles. The maximum absolute atomic E-state index is 12.9. The van der Waals surface area contributed by atoms with Crippen LogP contribution >= 0.6 is 30.4 Å². The van der Waals surface area contributed by atoms with Gasteiger partial charge in [0.2, 0.25) is 0 Å². The maximum atomic E-state index is 12.9. The molecule has 0 aromatic rings. The van der Waals surface area contributed by atoms with E-state index in [0.717, 1.165) is 89.9 Å². The topological polar surface area (TPSA) is 142 Å². The Kier molecular flexibility index (Phi) is 32.2. The van der Waals surface area contributed by atoms with E-state index in [9.17, 15) is 18.3 Å². The van der Waals surface area contributed by atoms with Gasteiger partial charge in [-0.2, -0.15) is 0 Å². The highest BCUT2D eigenvalue weighted by Gasteiger charge is 2.39. The average Bonchev–Trinajstić information content (AvgIpc) is 3.02. The Hall–Kier alpha value is 0.600. The van der Waals surface area contributed by atoms with Gasteiger partial charge in [0.05, 0.1) is 39.6 Å². The van der Waals surface area contributed by atoms with Crippen LogP contribution in [0.15, 0.2) is 0 Å². The fourth-order valence-electron chi connectivity index (χ4n) is 3.94. The van der Waals surface area contributed by atoms with Crippen molar-refractivity contribution in [2.45, 2.75) is 131 Å². The van der Waals surface area contributed by atoms with Gasteiger partial charge in [-0.05, 0) is 39.5 Å². The van der Waals surface area contributed by atoms with E-state index in [0.29, 0.717) is 26.4 Å². The molecule has 0 aliphatic carbocycles. The predicted molar refractivity (Wildman–Crippen MR) is 189 cm³/mol. The van der Waals surface area contributed by atoms with Crippen LogP contribution in [0.5, 0.6) is 0 Å². The average molecular weight is 745 g/mol. The monoisotopic (exact) mass is 744 g/mol. The lowest BCUT2D eigenvalue weighted by Gasteiger charge is -2.23. The van der Waals surface area contributed by atoms with Gasteiger partial charge in [0.25, 0.3) is 0 Å². The second kappa shape index (κ2) is 30.4. The molecule has 0 bridgehead atoms. The van der Waals surface area contributed by atoms with E-state index in [1.165, 1.54) is 14.2 Å². The van der Waals surface area contributed by atoms with E-state index in [1.54, 1.807) is 13.8 Å². The van der Waals surface area contributed by atoms with Crippen molar-refractivity contribution in [2.75, 3.05) is 65.7 Å². The number of unbranched alkanes of at least 4 members (excludes halogenated alkanes) is 10. The van der Waals surface area contributed by atoms with Crippen molar-refractivity contribution in [2.24, 2.45) is 0 Å². The quantitative estimate of drug-likeness (QED) is 0.0478. The highest BCUT2D eigenvalue weighted by Crippen LogP contribution is 2.64. The van der Waals surface area contributed by atoms with Gasteiger partial charge in [0, 0.05) is 14.2 Å². The molecule has 0 spiro atoms. The second-order valence-electron chi connectivity index (χ2n) is 10.8. The Balaban J connectivity index is 0. The van der Waals surface area contributed by atoms with Crippen LogP contribution in [0.4, 0.5) is 0 Å². The smallest absolute Gasteiger partial charge is 0.311 e. The normalized spacial score (nSPS) is 12.7. The lowest BCUT2D eigenvalue weighted by Crippen LogP contribution is -2.07. The van der Waals surface area contributed by atoms with E-state index in [1.807, 2.05) is 0 Å². The molecule has 280 valence electrons. The first-order chi connectivity index (χ1) is 21.9. The Morgan fingerprint density at radius 3 is 0.891 bits per heavy atom. The minimum atomic E-state index is -3.49. The van der Waals surface area contributed by atoms with E-state index in [4.69, 9.17) is 36.2 Å². The molecule has 16 heteroatoms. The standard InChI is InChI=1S/2C15H34O6P2/c1-5-7-9-11-13-20-23(17,15-22(16,18-3)19-4)21-14-12-10-8-6-2;1-5-9-11-13-20-23(17,21-14-12-10-6-2)15-22(16,18-7-3)19-8-4/h2*5-15H2,1-4H3. The van der Waals surface area contributed by atoms with Crippen molar-refractivity contribution < 1.29 is 54.5 Å². The summed E-state index contributed by atoms with van der Waals surface area (Å²) < 4.78 is 92.8. The molecule has 0 amide bonds. The van der Waals surface area contributed by atoms with Crippen LogP contribution in [-0.4, -0.2) is 65.7 Å². The molecule has 0 saturated heterocycles. The van der Waals surface area contributed by atoms with Crippen molar-refractivity contribution in [3.05, 3.63) is 0 Å². The second-order valence-corrected chi connectivity index (χ2v) is 20.2. The lowest BCUT2D eigenvalue weighted by molar-refractivity contribution is 0.192. The molecule has 0 heterocycles. The summed E-state index contributed by atoms with van der Waals surface area (Å²) in [6.45, 7) is 13.6. The van der Waals surface area contributed by atoms with Crippen LogP contribution in [0.2, 0.25) is 0 Å². The van der Waals surface area contributed by atoms with Gasteiger partial charge in [0.15, 0.2) is 11.8 Å². The summed E-state index contributed by atoms with van der Waals surface area (Å²) >= 11 is 0. The molecular formula is C30H68O12P4. The van der Waals surface area contributed by atoms with Gasteiger partial charge >= 0.3 is 30.4 Å². The SMILES string of the molecule is CCCCCCOP(=O)(CP(=O)(OC)OC)OCCCCCC.CCCCCOP(=O)(CP(=O)(OCC)OCC)OCCCCC. The Labute approximate surface area is 281 Å². The van der Waals surface area contributed by atoms with Crippen LogP contribution in [-0.2, 0) is 54.5 Å². The Bertz CT molecular complexity index is 838. The largest absolute Gasteiger partial charge is 0.342 e. The van der Waals surface area contributed by atoms with Crippen molar-refractivity contribution in [1.29, 1.82) is 0 Å². The maximum Gasteiger partial charge on any atom is 0.342 e. The summed E-state index contributed by atoms with van der Waals surface area (Å²) in [5.74, 6) is -0.658. The van der Waals surface area contributed by atoms with E-state index < -0.39 is 30.4 Å². The third kappa shape index (κ3) is 26.5. The van der Waals surface area contributed by atoms with Gasteiger partial charge in [-0.25, -0.2) is 0 Å². The summed E-state index contributed by atoms with van der Waals surface area (Å²) in [7, 11) is -11.3. The first-order valence-corrected chi connectivity index (χ1v) is 24.2. The van der Waals surface area contributed by atoms with Gasteiger partial charge in [-0.15, -0.1) is 0 Å². The van der Waals surface area contributed by atoms with E-state index >= 15 is 0 Å². The molecule has 0 aliphatic heterocycles. The van der Waals surface area contributed by atoms with Crippen LogP contribution < -0.4 is 0 Å². The number of hydrogen-bond acceptors (Lipinski definition) is 12. The van der Waals surface area contributed by atoms with Gasteiger partial charge in [-0.1, -0.05) is 91.9 Å². The summed E-state index contributed by atoms with van der Waals surface area (Å²) in [5.41, 5.74) is 0. The molecule has 0 saturated carbocycles. The van der Waals surface area contributed by atoms with Crippen molar-refractivity contribution >= 4 is 30.4 Å². The van der Waals surface area contributed by atoms with E-state index in [2.05, 4.69) is 27.7 Å². The van der Waals surface area contributed by atoms with Crippen LogP contribution in [0.3, 0.4) is 0 Å². The Morgan fingerprint density at radius 2 is 0.609 bits per heavy atom. The third-order valence-corrected chi connectivity index (χ3v) is 16.8. The fourth-order valence-corrected chi connectivity index (χ4v) is 13.0. The Morgan fingerprint density at radius 1 is 0.348 bits per heavy atom. The number of rotatable bonds is 32. The van der Waals surface area contributed by atoms with Crippen molar-refractivity contribution in [1.82, 2.24) is 0 Å². The highest BCUT2D eigenvalue weighted by atomic mass is 31.2. The predicted octanol–water partition coefficient (Wildman–Crippen LogP) is 11.6. The van der Waals surface area contributed by atoms with Crippen LogP contribution in [0.1, 0.15) is 131 Å². The molecule has 0 rings (SSSR count). The third-order valence-electron chi connectivity index (χ3n) is 6.54. The molecule has 0 atom stereocenters. The minimum absolute atomic E-state index is 0.225. The zero-order valence-electron chi connectivity index (χ0n) is 30.2. The summed E-state index contributed by atoms with van der Waals surface area (Å²) in [5, 5.41) is 0. The molecule has 0 aromatic carbocycles. The fraction of sp³-hybridized carbons (Fsp3) is 1.00. The highest BCUT2D eigenvalue weighted by molar-refractivity contribution is 7.71. The first kappa shape index (κ1) is 48.7. The molecule has 46 heavy (non-hydrogen) atoms. The van der Waals surface area contributed by atoms with Crippen molar-refractivity contribution in [3.63, 3.8) is 0 Å². The van der Waals surface area contributed by atoms with Gasteiger partial charge in [-0.3, -0.25) is 18.3 Å². The number of hydrogen-bond donors (Lipinski definition) is 0. The minimum Gasteiger partial charge on any atom is -0.311 e. The zero-order chi connectivity index (χ0) is 35.2. The van der Waals surface area contributed by atoms with Crippen LogP contribution in [0.25, 0.3) is 0 Å². The summed E-state index contributed by atoms with van der Waals surface area (Å²) in [6.07, 6.45) is 13.8. The van der Waals surface area contributed by atoms with Gasteiger partial charge in [0.1, 0.15) is 0 Å². The van der Waals surface area contributed by atoms with Crippen molar-refractivity contribution in [3.8, 4) is 0 Å². The molecule has 12 nitrogen and oxygen atoms in total. The molecule has 0 N–H and O–H groups in total. The molecule has 0 fully saturated rings. The van der Waals surface area contributed by atoms with E-state index in [-0.39, 0.29) is 25.0 Å².